The van der Waals surface area contributed by atoms with Crippen LogP contribution in [0, 0.1) is 11.6 Å². The van der Waals surface area contributed by atoms with Gasteiger partial charge in [-0.1, -0.05) is 11.6 Å². The molecule has 0 fully saturated rings. The van der Waals surface area contributed by atoms with Crippen LogP contribution in [0.2, 0.25) is 5.02 Å². The summed E-state index contributed by atoms with van der Waals surface area (Å²) in [6.07, 6.45) is 0.708. The van der Waals surface area contributed by atoms with Crippen molar-refractivity contribution in [2.75, 3.05) is 11.9 Å². The third-order valence-corrected chi connectivity index (χ3v) is 4.61. The van der Waals surface area contributed by atoms with Crippen molar-refractivity contribution in [3.63, 3.8) is 0 Å². The van der Waals surface area contributed by atoms with E-state index in [0.29, 0.717) is 34.5 Å². The summed E-state index contributed by atoms with van der Waals surface area (Å²) in [6, 6.07) is 8.43. The molecule has 4 nitrogen and oxygen atoms in total. The van der Waals surface area contributed by atoms with Crippen LogP contribution in [-0.4, -0.2) is 17.4 Å². The van der Waals surface area contributed by atoms with Crippen LogP contribution in [0.4, 0.5) is 14.5 Å². The molecule has 2 N–H and O–H groups in total. The number of amides is 1. The number of hydrogen-bond acceptors (Lipinski definition) is 3. The Morgan fingerprint density at radius 1 is 1.15 bits per heavy atom. The van der Waals surface area contributed by atoms with Crippen LogP contribution in [0.3, 0.4) is 0 Å². The molecule has 1 aromatic heterocycles. The number of fused-ring (bicyclic) bond motifs is 2. The highest BCUT2D eigenvalue weighted by molar-refractivity contribution is 6.31. The van der Waals surface area contributed by atoms with Crippen molar-refractivity contribution in [1.29, 1.82) is 0 Å². The van der Waals surface area contributed by atoms with Crippen LogP contribution in [0.15, 0.2) is 36.4 Å². The van der Waals surface area contributed by atoms with E-state index in [4.69, 9.17) is 11.6 Å². The highest BCUT2D eigenvalue weighted by Gasteiger charge is 2.23. The summed E-state index contributed by atoms with van der Waals surface area (Å²) in [7, 11) is 0. The van der Waals surface area contributed by atoms with E-state index in [-0.39, 0.29) is 5.69 Å². The van der Waals surface area contributed by atoms with Gasteiger partial charge in [-0.25, -0.2) is 8.78 Å². The summed E-state index contributed by atoms with van der Waals surface area (Å²) in [4.78, 5) is 17.6. The first-order valence-electron chi connectivity index (χ1n) is 8.11. The molecule has 0 saturated heterocycles. The highest BCUT2D eigenvalue weighted by Crippen LogP contribution is 2.29. The second kappa shape index (κ2) is 6.63. The molecule has 0 aliphatic carbocycles. The first kappa shape index (κ1) is 16.9. The Morgan fingerprint density at radius 2 is 2.00 bits per heavy atom. The van der Waals surface area contributed by atoms with Crippen molar-refractivity contribution in [2.45, 2.75) is 13.0 Å². The lowest BCUT2D eigenvalue weighted by atomic mass is 9.96. The minimum absolute atomic E-state index is 0.179. The Morgan fingerprint density at radius 3 is 2.81 bits per heavy atom. The van der Waals surface area contributed by atoms with E-state index < -0.39 is 17.5 Å². The fourth-order valence-corrected chi connectivity index (χ4v) is 3.34. The molecular formula is C19H14ClF2N3O. The summed E-state index contributed by atoms with van der Waals surface area (Å²) in [5.41, 5.74) is 2.95. The SMILES string of the molecule is O=C(Nc1ccc(F)c(F)c1)c1c2c(nc3ccc(Cl)cc13)CCNC2. The molecule has 0 atom stereocenters. The molecule has 0 saturated carbocycles. The van der Waals surface area contributed by atoms with Gasteiger partial charge in [-0.15, -0.1) is 0 Å². The average Bonchev–Trinajstić information content (AvgIpc) is 2.62. The van der Waals surface area contributed by atoms with Crippen LogP contribution >= 0.6 is 11.6 Å². The number of aromatic nitrogens is 1. The Balaban J connectivity index is 1.84. The van der Waals surface area contributed by atoms with E-state index in [1.54, 1.807) is 18.2 Å². The van der Waals surface area contributed by atoms with Gasteiger partial charge in [0.2, 0.25) is 0 Å². The number of halogens is 3. The zero-order valence-corrected chi connectivity index (χ0v) is 14.3. The van der Waals surface area contributed by atoms with Gasteiger partial charge in [0.1, 0.15) is 0 Å². The van der Waals surface area contributed by atoms with Crippen LogP contribution in [-0.2, 0) is 13.0 Å². The lowest BCUT2D eigenvalue weighted by Gasteiger charge is -2.21. The van der Waals surface area contributed by atoms with Gasteiger partial charge in [0.15, 0.2) is 11.6 Å². The second-order valence-electron chi connectivity index (χ2n) is 6.08. The third-order valence-electron chi connectivity index (χ3n) is 4.38. The van der Waals surface area contributed by atoms with Gasteiger partial charge in [0, 0.05) is 52.9 Å². The third kappa shape index (κ3) is 3.02. The molecule has 0 bridgehead atoms. The Bertz CT molecular complexity index is 1040. The molecule has 0 radical (unpaired) electrons. The molecule has 1 aliphatic heterocycles. The van der Waals surface area contributed by atoms with Crippen molar-refractivity contribution in [3.8, 4) is 0 Å². The van der Waals surface area contributed by atoms with Gasteiger partial charge in [0.25, 0.3) is 5.91 Å². The van der Waals surface area contributed by atoms with Crippen molar-refractivity contribution in [1.82, 2.24) is 10.3 Å². The Labute approximate surface area is 153 Å². The second-order valence-corrected chi connectivity index (χ2v) is 6.52. The van der Waals surface area contributed by atoms with E-state index in [1.165, 1.54) is 6.07 Å². The monoisotopic (exact) mass is 373 g/mol. The topological polar surface area (TPSA) is 54.0 Å². The van der Waals surface area contributed by atoms with E-state index in [9.17, 15) is 13.6 Å². The summed E-state index contributed by atoms with van der Waals surface area (Å²) in [6.45, 7) is 1.29. The maximum absolute atomic E-state index is 13.4. The standard InChI is InChI=1S/C19H14ClF2N3O/c20-10-1-4-16-12(7-10)18(13-9-23-6-5-17(13)25-16)19(26)24-11-2-3-14(21)15(22)8-11/h1-4,7-8,23H,5-6,9H2,(H,24,26). The molecule has 1 aliphatic rings. The van der Waals surface area contributed by atoms with Crippen molar-refractivity contribution in [2.24, 2.45) is 0 Å². The fourth-order valence-electron chi connectivity index (χ4n) is 3.17. The molecule has 3 aromatic rings. The maximum Gasteiger partial charge on any atom is 0.256 e. The van der Waals surface area contributed by atoms with Gasteiger partial charge in [-0.3, -0.25) is 9.78 Å². The van der Waals surface area contributed by atoms with Gasteiger partial charge < -0.3 is 10.6 Å². The first-order valence-corrected chi connectivity index (χ1v) is 8.49. The summed E-state index contributed by atoms with van der Waals surface area (Å²) in [5, 5.41) is 6.99. The molecule has 0 spiro atoms. The number of hydrogen-bond donors (Lipinski definition) is 2. The largest absolute Gasteiger partial charge is 0.322 e. The molecule has 132 valence electrons. The molecule has 7 heteroatoms. The summed E-state index contributed by atoms with van der Waals surface area (Å²) >= 11 is 6.11. The number of nitrogens with one attached hydrogen (secondary N) is 2. The number of benzene rings is 2. The van der Waals surface area contributed by atoms with Crippen molar-refractivity contribution < 1.29 is 13.6 Å². The zero-order chi connectivity index (χ0) is 18.3. The lowest BCUT2D eigenvalue weighted by Crippen LogP contribution is -2.28. The predicted octanol–water partition coefficient (Wildman–Crippen LogP) is 4.06. The maximum atomic E-state index is 13.4. The molecule has 2 heterocycles. The van der Waals surface area contributed by atoms with Crippen LogP contribution in [0.25, 0.3) is 10.9 Å². The van der Waals surface area contributed by atoms with Gasteiger partial charge in [-0.05, 0) is 30.3 Å². The van der Waals surface area contributed by atoms with Crippen LogP contribution in [0.5, 0.6) is 0 Å². The lowest BCUT2D eigenvalue weighted by molar-refractivity contribution is 0.102. The first-order chi connectivity index (χ1) is 12.5. The highest BCUT2D eigenvalue weighted by atomic mass is 35.5. The molecular weight excluding hydrogens is 360 g/mol. The minimum atomic E-state index is -1.02. The van der Waals surface area contributed by atoms with Crippen molar-refractivity contribution >= 4 is 34.1 Å². The van der Waals surface area contributed by atoms with Gasteiger partial charge in [0.05, 0.1) is 11.1 Å². The van der Waals surface area contributed by atoms with Crippen molar-refractivity contribution in [3.05, 3.63) is 69.9 Å². The van der Waals surface area contributed by atoms with E-state index >= 15 is 0 Å². The molecule has 1 amide bonds. The average molecular weight is 374 g/mol. The summed E-state index contributed by atoms with van der Waals surface area (Å²) < 4.78 is 26.6. The van der Waals surface area contributed by atoms with Crippen LogP contribution < -0.4 is 10.6 Å². The number of carbonyl (C=O) groups excluding carboxylic acids is 1. The predicted molar refractivity (Wildman–Crippen MR) is 96.5 cm³/mol. The van der Waals surface area contributed by atoms with Crippen LogP contribution in [0.1, 0.15) is 21.6 Å². The Kier molecular flexibility index (Phi) is 4.30. The fraction of sp³-hybridized carbons (Fsp3) is 0.158. The Hall–Kier alpha value is -2.57. The minimum Gasteiger partial charge on any atom is -0.322 e. The number of carbonyl (C=O) groups is 1. The smallest absolute Gasteiger partial charge is 0.256 e. The van der Waals surface area contributed by atoms with Gasteiger partial charge >= 0.3 is 0 Å². The van der Waals surface area contributed by atoms with E-state index in [1.807, 2.05) is 0 Å². The number of rotatable bonds is 2. The normalized spacial score (nSPS) is 13.5. The molecule has 26 heavy (non-hydrogen) atoms. The number of nitrogens with zero attached hydrogens (tertiary/aromatic N) is 1. The van der Waals surface area contributed by atoms with E-state index in [0.717, 1.165) is 29.9 Å². The summed E-state index contributed by atoms with van der Waals surface area (Å²) in [5.74, 6) is -2.40. The number of anilines is 1. The van der Waals surface area contributed by atoms with E-state index in [2.05, 4.69) is 15.6 Å². The van der Waals surface area contributed by atoms with Gasteiger partial charge in [-0.2, -0.15) is 0 Å². The number of pyridine rings is 1. The molecule has 4 rings (SSSR count). The quantitative estimate of drug-likeness (QED) is 0.712. The molecule has 0 unspecified atom stereocenters. The zero-order valence-electron chi connectivity index (χ0n) is 13.6. The molecule has 2 aromatic carbocycles.